The SMILES string of the molecule is Nc1cc(-c2c(Cl)cncc2Cl)no1. The van der Waals surface area contributed by atoms with Gasteiger partial charge in [0, 0.05) is 24.0 Å². The van der Waals surface area contributed by atoms with Crippen LogP contribution in [0.5, 0.6) is 0 Å². The number of nitrogens with zero attached hydrogens (tertiary/aromatic N) is 2. The second-order valence-corrected chi connectivity index (χ2v) is 3.41. The molecule has 0 aromatic carbocycles. The maximum absolute atomic E-state index is 5.90. The molecular weight excluding hydrogens is 225 g/mol. The lowest BCUT2D eigenvalue weighted by molar-refractivity contribution is 0.439. The van der Waals surface area contributed by atoms with Crippen LogP contribution in [0.15, 0.2) is 23.0 Å². The molecule has 6 heteroatoms. The van der Waals surface area contributed by atoms with Gasteiger partial charge in [0.2, 0.25) is 5.88 Å². The molecule has 0 aliphatic carbocycles. The second-order valence-electron chi connectivity index (χ2n) is 2.59. The van der Waals surface area contributed by atoms with Crippen molar-refractivity contribution in [3.63, 3.8) is 0 Å². The van der Waals surface area contributed by atoms with Gasteiger partial charge >= 0.3 is 0 Å². The number of pyridine rings is 1. The molecule has 0 atom stereocenters. The third kappa shape index (κ3) is 1.54. The smallest absolute Gasteiger partial charge is 0.222 e. The maximum atomic E-state index is 5.90. The molecule has 0 fully saturated rings. The van der Waals surface area contributed by atoms with Gasteiger partial charge in [-0.2, -0.15) is 0 Å². The molecule has 0 saturated heterocycles. The summed E-state index contributed by atoms with van der Waals surface area (Å²) in [7, 11) is 0. The van der Waals surface area contributed by atoms with Crippen molar-refractivity contribution in [3.05, 3.63) is 28.5 Å². The number of nitrogen functional groups attached to an aromatic ring is 1. The van der Waals surface area contributed by atoms with Crippen LogP contribution in [0.3, 0.4) is 0 Å². The Morgan fingerprint density at radius 1 is 1.21 bits per heavy atom. The molecule has 0 radical (unpaired) electrons. The second kappa shape index (κ2) is 3.48. The maximum Gasteiger partial charge on any atom is 0.222 e. The molecule has 2 rings (SSSR count). The van der Waals surface area contributed by atoms with Gasteiger partial charge in [0.1, 0.15) is 5.69 Å². The summed E-state index contributed by atoms with van der Waals surface area (Å²) in [6.07, 6.45) is 2.96. The van der Waals surface area contributed by atoms with Gasteiger partial charge in [-0.05, 0) is 0 Å². The first-order valence-corrected chi connectivity index (χ1v) is 4.45. The van der Waals surface area contributed by atoms with Crippen LogP contribution in [0.2, 0.25) is 10.0 Å². The number of halogens is 2. The van der Waals surface area contributed by atoms with E-state index in [1.165, 1.54) is 12.4 Å². The highest BCUT2D eigenvalue weighted by molar-refractivity contribution is 6.38. The highest BCUT2D eigenvalue weighted by Crippen LogP contribution is 2.33. The Morgan fingerprint density at radius 3 is 2.36 bits per heavy atom. The van der Waals surface area contributed by atoms with Gasteiger partial charge in [-0.15, -0.1) is 0 Å². The summed E-state index contributed by atoms with van der Waals surface area (Å²) in [6, 6.07) is 1.55. The summed E-state index contributed by atoms with van der Waals surface area (Å²) in [5, 5.41) is 4.53. The van der Waals surface area contributed by atoms with Gasteiger partial charge < -0.3 is 10.3 Å². The van der Waals surface area contributed by atoms with Crippen molar-refractivity contribution in [2.75, 3.05) is 5.73 Å². The molecule has 0 saturated carbocycles. The van der Waals surface area contributed by atoms with E-state index in [-0.39, 0.29) is 5.88 Å². The number of rotatable bonds is 1. The van der Waals surface area contributed by atoms with Crippen LogP contribution in [0, 0.1) is 0 Å². The highest BCUT2D eigenvalue weighted by Gasteiger charge is 2.12. The number of hydrogen-bond acceptors (Lipinski definition) is 4. The molecule has 0 aliphatic rings. The van der Waals surface area contributed by atoms with E-state index in [9.17, 15) is 0 Å². The highest BCUT2D eigenvalue weighted by atomic mass is 35.5. The molecule has 14 heavy (non-hydrogen) atoms. The topological polar surface area (TPSA) is 64.9 Å². The van der Waals surface area contributed by atoms with Crippen LogP contribution < -0.4 is 5.73 Å². The number of anilines is 1. The number of hydrogen-bond donors (Lipinski definition) is 1. The molecule has 4 nitrogen and oxygen atoms in total. The Morgan fingerprint density at radius 2 is 1.86 bits per heavy atom. The fourth-order valence-corrected chi connectivity index (χ4v) is 1.62. The van der Waals surface area contributed by atoms with Gasteiger partial charge in [-0.1, -0.05) is 28.4 Å². The Bertz CT molecular complexity index is 449. The van der Waals surface area contributed by atoms with Crippen molar-refractivity contribution in [2.24, 2.45) is 0 Å². The summed E-state index contributed by atoms with van der Waals surface area (Å²) >= 11 is 11.8. The lowest BCUT2D eigenvalue weighted by Gasteiger charge is -2.00. The van der Waals surface area contributed by atoms with E-state index in [4.69, 9.17) is 33.5 Å². The van der Waals surface area contributed by atoms with Crippen molar-refractivity contribution in [3.8, 4) is 11.3 Å². The minimum absolute atomic E-state index is 0.212. The molecule has 0 unspecified atom stereocenters. The van der Waals surface area contributed by atoms with E-state index in [2.05, 4.69) is 10.1 Å². The van der Waals surface area contributed by atoms with Gasteiger partial charge in [-0.3, -0.25) is 4.98 Å². The lowest BCUT2D eigenvalue weighted by Crippen LogP contribution is -1.83. The Hall–Kier alpha value is -1.26. The monoisotopic (exact) mass is 229 g/mol. The van der Waals surface area contributed by atoms with Gasteiger partial charge in [-0.25, -0.2) is 0 Å². The Labute approximate surface area is 89.6 Å². The van der Waals surface area contributed by atoms with Gasteiger partial charge in [0.15, 0.2) is 0 Å². The van der Waals surface area contributed by atoms with E-state index in [0.29, 0.717) is 21.3 Å². The molecule has 0 aliphatic heterocycles. The molecular formula is C8H5Cl2N3O. The number of aromatic nitrogens is 2. The minimum Gasteiger partial charge on any atom is -0.368 e. The largest absolute Gasteiger partial charge is 0.368 e. The van der Waals surface area contributed by atoms with Crippen LogP contribution in [0.1, 0.15) is 0 Å². The molecule has 2 aromatic heterocycles. The van der Waals surface area contributed by atoms with Gasteiger partial charge in [0.25, 0.3) is 0 Å². The van der Waals surface area contributed by atoms with Crippen molar-refractivity contribution in [1.29, 1.82) is 0 Å². The zero-order valence-electron chi connectivity index (χ0n) is 6.87. The first-order chi connectivity index (χ1) is 6.68. The molecule has 2 N–H and O–H groups in total. The first kappa shape index (κ1) is 9.30. The van der Waals surface area contributed by atoms with Gasteiger partial charge in [0.05, 0.1) is 10.0 Å². The molecule has 72 valence electrons. The van der Waals surface area contributed by atoms with Crippen molar-refractivity contribution in [1.82, 2.24) is 10.1 Å². The normalized spacial score (nSPS) is 10.4. The van der Waals surface area contributed by atoms with E-state index < -0.39 is 0 Å². The van der Waals surface area contributed by atoms with Crippen molar-refractivity contribution >= 4 is 29.1 Å². The van der Waals surface area contributed by atoms with E-state index in [1.54, 1.807) is 6.07 Å². The first-order valence-electron chi connectivity index (χ1n) is 3.70. The summed E-state index contributed by atoms with van der Waals surface area (Å²) in [6.45, 7) is 0. The van der Waals surface area contributed by atoms with E-state index >= 15 is 0 Å². The molecule has 0 amide bonds. The van der Waals surface area contributed by atoms with Crippen molar-refractivity contribution in [2.45, 2.75) is 0 Å². The zero-order valence-corrected chi connectivity index (χ0v) is 8.38. The van der Waals surface area contributed by atoms with Crippen LogP contribution in [-0.4, -0.2) is 10.1 Å². The van der Waals surface area contributed by atoms with E-state index in [0.717, 1.165) is 0 Å². The van der Waals surface area contributed by atoms with Crippen molar-refractivity contribution < 1.29 is 4.52 Å². The third-order valence-electron chi connectivity index (χ3n) is 1.64. The predicted octanol–water partition coefficient (Wildman–Crippen LogP) is 2.63. The van der Waals surface area contributed by atoms with Crippen LogP contribution in [0.25, 0.3) is 11.3 Å². The van der Waals surface area contributed by atoms with E-state index in [1.807, 2.05) is 0 Å². The Kier molecular flexibility index (Phi) is 2.31. The minimum atomic E-state index is 0.212. The molecule has 2 heterocycles. The summed E-state index contributed by atoms with van der Waals surface area (Å²) in [5.74, 6) is 0.212. The summed E-state index contributed by atoms with van der Waals surface area (Å²) in [4.78, 5) is 3.82. The average Bonchev–Trinajstić information content (AvgIpc) is 2.51. The lowest BCUT2D eigenvalue weighted by atomic mass is 10.2. The fraction of sp³-hybridized carbons (Fsp3) is 0. The Balaban J connectivity index is 2.61. The predicted molar refractivity (Wildman–Crippen MR) is 54.2 cm³/mol. The van der Waals surface area contributed by atoms with Crippen LogP contribution >= 0.6 is 23.2 Å². The van der Waals surface area contributed by atoms with Crippen LogP contribution in [0.4, 0.5) is 5.88 Å². The third-order valence-corrected chi connectivity index (χ3v) is 2.21. The summed E-state index contributed by atoms with van der Waals surface area (Å²) in [5.41, 5.74) is 6.46. The number of nitrogens with two attached hydrogens (primary N) is 1. The average molecular weight is 230 g/mol. The quantitative estimate of drug-likeness (QED) is 0.817. The fourth-order valence-electron chi connectivity index (χ4n) is 1.06. The molecule has 0 bridgehead atoms. The summed E-state index contributed by atoms with van der Waals surface area (Å²) < 4.78 is 4.72. The molecule has 2 aromatic rings. The zero-order chi connectivity index (χ0) is 10.1. The molecule has 0 spiro atoms. The standard InChI is InChI=1S/C8H5Cl2N3O/c9-4-2-12-3-5(10)8(4)6-1-7(11)14-13-6/h1-3H,11H2. The van der Waals surface area contributed by atoms with Crippen LogP contribution in [-0.2, 0) is 0 Å².